The number of carboxylic acid groups (broad SMARTS) is 1. The van der Waals surface area contributed by atoms with Crippen molar-refractivity contribution < 1.29 is 28.9 Å². The Hall–Kier alpha value is -3.94. The fourth-order valence-electron chi connectivity index (χ4n) is 4.01. The van der Waals surface area contributed by atoms with E-state index >= 15 is 0 Å². The average molecular weight is 406 g/mol. The maximum Gasteiger partial charge on any atom is 0.339 e. The van der Waals surface area contributed by atoms with Crippen LogP contribution in [0, 0.1) is 0 Å². The van der Waals surface area contributed by atoms with E-state index < -0.39 is 5.97 Å². The van der Waals surface area contributed by atoms with Crippen LogP contribution in [0.3, 0.4) is 0 Å². The van der Waals surface area contributed by atoms with Gasteiger partial charge >= 0.3 is 5.97 Å². The second-order valence-corrected chi connectivity index (χ2v) is 7.10. The zero-order chi connectivity index (χ0) is 20.8. The lowest BCUT2D eigenvalue weighted by molar-refractivity contribution is -0.116. The molecule has 3 heterocycles. The Labute approximate surface area is 171 Å². The number of nitrogens with zero attached hydrogens (tertiary/aromatic N) is 1. The quantitative estimate of drug-likeness (QED) is 0.689. The summed E-state index contributed by atoms with van der Waals surface area (Å²) in [6, 6.07) is 12.9. The van der Waals surface area contributed by atoms with E-state index in [-0.39, 0.29) is 30.6 Å². The van der Waals surface area contributed by atoms with Crippen LogP contribution in [-0.2, 0) is 4.79 Å². The summed E-state index contributed by atoms with van der Waals surface area (Å²) < 4.78 is 18.0. The molecule has 0 unspecified atom stereocenters. The molecule has 30 heavy (non-hydrogen) atoms. The third-order valence-corrected chi connectivity index (χ3v) is 5.39. The molecule has 1 aromatic heterocycles. The Bertz CT molecular complexity index is 1180. The summed E-state index contributed by atoms with van der Waals surface area (Å²) >= 11 is 0. The molecule has 1 atom stereocenters. The number of carboxylic acids is 1. The van der Waals surface area contributed by atoms with Gasteiger partial charge in [-0.15, -0.1) is 0 Å². The van der Waals surface area contributed by atoms with E-state index in [0.29, 0.717) is 28.6 Å². The molecule has 0 saturated heterocycles. The molecule has 1 amide bonds. The minimum atomic E-state index is -1.11. The number of hydrogen-bond donors (Lipinski definition) is 2. The van der Waals surface area contributed by atoms with Crippen LogP contribution in [0.1, 0.15) is 34.0 Å². The van der Waals surface area contributed by atoms with E-state index in [1.807, 2.05) is 36.4 Å². The number of carbonyl (C=O) groups is 2. The van der Waals surface area contributed by atoms with Gasteiger partial charge in [-0.1, -0.05) is 12.1 Å². The van der Waals surface area contributed by atoms with Crippen LogP contribution in [0.4, 0.5) is 5.69 Å². The third-order valence-electron chi connectivity index (χ3n) is 5.39. The monoisotopic (exact) mass is 406 g/mol. The molecule has 2 N–H and O–H groups in total. The molecule has 152 valence electrons. The molecule has 0 saturated carbocycles. The van der Waals surface area contributed by atoms with Crippen molar-refractivity contribution in [3.8, 4) is 22.9 Å². The van der Waals surface area contributed by atoms with Gasteiger partial charge in [-0.05, 0) is 29.8 Å². The minimum Gasteiger partial charge on any atom is -0.497 e. The van der Waals surface area contributed by atoms with Gasteiger partial charge in [0.05, 0.1) is 18.5 Å². The number of nitrogens with one attached hydrogen (secondary N) is 1. The summed E-state index contributed by atoms with van der Waals surface area (Å²) in [5, 5.41) is 12.5. The van der Waals surface area contributed by atoms with Crippen LogP contribution in [0.2, 0.25) is 0 Å². The molecule has 8 nitrogen and oxygen atoms in total. The molecule has 2 aromatic carbocycles. The van der Waals surface area contributed by atoms with E-state index in [2.05, 4.69) is 5.32 Å². The van der Waals surface area contributed by atoms with Gasteiger partial charge in [0.15, 0.2) is 11.5 Å². The Kier molecular flexibility index (Phi) is 4.13. The summed E-state index contributed by atoms with van der Waals surface area (Å²) in [7, 11) is 1.57. The van der Waals surface area contributed by atoms with Crippen LogP contribution < -0.4 is 19.5 Å². The number of aromatic nitrogens is 1. The fraction of sp³-hybridized carbons (Fsp3) is 0.182. The molecular formula is C22H18N2O6. The van der Waals surface area contributed by atoms with E-state index in [9.17, 15) is 14.7 Å². The SMILES string of the molecule is COc1cccc(-n2cc(C(=O)O)c3c2[C@@H](c2ccc4c(c2)OCO4)CC(=O)N3)c1. The second-order valence-electron chi connectivity index (χ2n) is 7.10. The molecule has 0 spiro atoms. The summed E-state index contributed by atoms with van der Waals surface area (Å²) in [6.45, 7) is 0.151. The van der Waals surface area contributed by atoms with Gasteiger partial charge in [-0.3, -0.25) is 4.79 Å². The second kappa shape index (κ2) is 6.84. The van der Waals surface area contributed by atoms with Crippen LogP contribution in [-0.4, -0.2) is 35.5 Å². The maximum atomic E-state index is 12.5. The standard InChI is InChI=1S/C22H18N2O6/c1-28-14-4-2-3-13(8-14)24-10-16(22(26)27)20-21(24)15(9-19(25)23-20)12-5-6-17-18(7-12)30-11-29-17/h2-8,10,15H,9,11H2,1H3,(H,23,25)(H,26,27)/t15-/m1/s1. The first-order chi connectivity index (χ1) is 14.5. The van der Waals surface area contributed by atoms with Crippen LogP contribution in [0.5, 0.6) is 17.2 Å². The zero-order valence-corrected chi connectivity index (χ0v) is 16.0. The molecule has 0 radical (unpaired) electrons. The van der Waals surface area contributed by atoms with Gasteiger partial charge < -0.3 is 29.2 Å². The van der Waals surface area contributed by atoms with E-state index in [0.717, 1.165) is 11.3 Å². The molecule has 0 aliphatic carbocycles. The lowest BCUT2D eigenvalue weighted by atomic mass is 9.88. The van der Waals surface area contributed by atoms with E-state index in [1.54, 1.807) is 17.7 Å². The number of rotatable bonds is 4. The molecule has 2 aliphatic rings. The predicted molar refractivity (Wildman–Crippen MR) is 107 cm³/mol. The summed E-state index contributed by atoms with van der Waals surface area (Å²) in [5.41, 5.74) is 2.62. The maximum absolute atomic E-state index is 12.5. The number of benzene rings is 2. The average Bonchev–Trinajstić information content (AvgIpc) is 3.37. The number of carbonyl (C=O) groups excluding carboxylic acids is 1. The molecule has 2 aliphatic heterocycles. The van der Waals surface area contributed by atoms with Gasteiger partial charge in [-0.25, -0.2) is 4.79 Å². The smallest absolute Gasteiger partial charge is 0.339 e. The Balaban J connectivity index is 1.72. The molecule has 8 heteroatoms. The van der Waals surface area contributed by atoms with Gasteiger partial charge in [0.2, 0.25) is 12.7 Å². The number of aromatic carboxylic acids is 1. The Morgan fingerprint density at radius 3 is 2.83 bits per heavy atom. The first-order valence-corrected chi connectivity index (χ1v) is 9.37. The highest BCUT2D eigenvalue weighted by Gasteiger charge is 2.35. The molecule has 5 rings (SSSR count). The van der Waals surface area contributed by atoms with Crippen molar-refractivity contribution in [3.63, 3.8) is 0 Å². The highest BCUT2D eigenvalue weighted by atomic mass is 16.7. The number of anilines is 1. The predicted octanol–water partition coefficient (Wildman–Crippen LogP) is 3.39. The van der Waals surface area contributed by atoms with Crippen molar-refractivity contribution in [1.82, 2.24) is 4.57 Å². The topological polar surface area (TPSA) is 99.0 Å². The largest absolute Gasteiger partial charge is 0.497 e. The minimum absolute atomic E-state index is 0.0339. The summed E-state index contributed by atoms with van der Waals surface area (Å²) in [6.07, 6.45) is 1.72. The van der Waals surface area contributed by atoms with Gasteiger partial charge in [0.25, 0.3) is 0 Å². The molecule has 0 bridgehead atoms. The number of hydrogen-bond acceptors (Lipinski definition) is 5. The van der Waals surface area contributed by atoms with Gasteiger partial charge in [-0.2, -0.15) is 0 Å². The van der Waals surface area contributed by atoms with Crippen molar-refractivity contribution in [2.75, 3.05) is 19.2 Å². The Morgan fingerprint density at radius 1 is 1.20 bits per heavy atom. The van der Waals surface area contributed by atoms with Crippen molar-refractivity contribution in [2.45, 2.75) is 12.3 Å². The molecule has 0 fully saturated rings. The lowest BCUT2D eigenvalue weighted by Gasteiger charge is -2.26. The molecule has 3 aromatic rings. The van der Waals surface area contributed by atoms with Gasteiger partial charge in [0.1, 0.15) is 11.3 Å². The van der Waals surface area contributed by atoms with E-state index in [4.69, 9.17) is 14.2 Å². The van der Waals surface area contributed by atoms with Crippen molar-refractivity contribution in [2.24, 2.45) is 0 Å². The highest BCUT2D eigenvalue weighted by Crippen LogP contribution is 2.44. The van der Waals surface area contributed by atoms with Crippen molar-refractivity contribution in [3.05, 3.63) is 65.5 Å². The van der Waals surface area contributed by atoms with Crippen molar-refractivity contribution >= 4 is 17.6 Å². The van der Waals surface area contributed by atoms with Crippen LogP contribution >= 0.6 is 0 Å². The van der Waals surface area contributed by atoms with Crippen LogP contribution in [0.25, 0.3) is 5.69 Å². The first-order valence-electron chi connectivity index (χ1n) is 9.37. The number of amides is 1. The third kappa shape index (κ3) is 2.85. The highest BCUT2D eigenvalue weighted by molar-refractivity contribution is 6.04. The number of fused-ring (bicyclic) bond motifs is 2. The zero-order valence-electron chi connectivity index (χ0n) is 16.0. The summed E-state index contributed by atoms with van der Waals surface area (Å²) in [4.78, 5) is 24.4. The Morgan fingerprint density at radius 2 is 2.03 bits per heavy atom. The number of ether oxygens (including phenoxy) is 3. The normalized spacial score (nSPS) is 16.7. The van der Waals surface area contributed by atoms with Crippen molar-refractivity contribution in [1.29, 1.82) is 0 Å². The first kappa shape index (κ1) is 18.1. The van der Waals surface area contributed by atoms with Crippen LogP contribution in [0.15, 0.2) is 48.7 Å². The lowest BCUT2D eigenvalue weighted by Crippen LogP contribution is -2.25. The molecular weight excluding hydrogens is 388 g/mol. The summed E-state index contributed by atoms with van der Waals surface area (Å²) in [5.74, 6) is 0.191. The number of methoxy groups -OCH3 is 1. The van der Waals surface area contributed by atoms with Gasteiger partial charge in [0, 0.05) is 30.3 Å². The van der Waals surface area contributed by atoms with E-state index in [1.165, 1.54) is 6.20 Å². The fourth-order valence-corrected chi connectivity index (χ4v) is 4.01.